The van der Waals surface area contributed by atoms with Crippen molar-refractivity contribution < 1.29 is 0 Å². The Morgan fingerprint density at radius 2 is 2.50 bits per heavy atom. The van der Waals surface area contributed by atoms with E-state index in [4.69, 9.17) is 0 Å². The lowest BCUT2D eigenvalue weighted by molar-refractivity contribution is 0.521. The quantitative estimate of drug-likeness (QED) is 0.485. The van der Waals surface area contributed by atoms with Crippen LogP contribution in [0.15, 0.2) is 23.9 Å². The standard InChI is InChI=1S/C6H7NS/c1-2-6-7(3-1)4-5-8-6/h1,3-6H,2H2. The van der Waals surface area contributed by atoms with E-state index in [1.807, 2.05) is 11.8 Å². The molecule has 0 bridgehead atoms. The topological polar surface area (TPSA) is 3.24 Å². The van der Waals surface area contributed by atoms with Crippen molar-refractivity contribution >= 4 is 11.8 Å². The smallest absolute Gasteiger partial charge is 0.0863 e. The normalized spacial score (nSPS) is 32.0. The summed E-state index contributed by atoms with van der Waals surface area (Å²) in [6, 6.07) is 0. The largest absolute Gasteiger partial charge is 0.341 e. The van der Waals surface area contributed by atoms with Crippen LogP contribution in [-0.4, -0.2) is 10.3 Å². The van der Waals surface area contributed by atoms with Crippen LogP contribution in [0.2, 0.25) is 0 Å². The Morgan fingerprint density at radius 1 is 1.50 bits per heavy atom. The van der Waals surface area contributed by atoms with Gasteiger partial charge in [0, 0.05) is 12.4 Å². The highest BCUT2D eigenvalue weighted by molar-refractivity contribution is 8.02. The third kappa shape index (κ3) is 0.494. The molecule has 42 valence electrons. The van der Waals surface area contributed by atoms with Crippen molar-refractivity contribution in [3.63, 3.8) is 0 Å². The first-order valence-electron chi connectivity index (χ1n) is 2.73. The minimum absolute atomic E-state index is 0.704. The van der Waals surface area contributed by atoms with Crippen LogP contribution in [0.3, 0.4) is 0 Å². The lowest BCUT2D eigenvalue weighted by Crippen LogP contribution is -2.11. The Kier molecular flexibility index (Phi) is 0.875. The predicted octanol–water partition coefficient (Wildman–Crippen LogP) is 1.75. The monoisotopic (exact) mass is 125 g/mol. The number of nitrogens with zero attached hydrogens (tertiary/aromatic N) is 1. The van der Waals surface area contributed by atoms with Gasteiger partial charge in [0.25, 0.3) is 0 Å². The zero-order valence-corrected chi connectivity index (χ0v) is 5.27. The van der Waals surface area contributed by atoms with Crippen LogP contribution in [0.5, 0.6) is 0 Å². The molecule has 0 aliphatic carbocycles. The summed E-state index contributed by atoms with van der Waals surface area (Å²) in [7, 11) is 0. The van der Waals surface area contributed by atoms with Crippen LogP contribution in [0.1, 0.15) is 6.42 Å². The van der Waals surface area contributed by atoms with Gasteiger partial charge in [0.05, 0.1) is 5.37 Å². The number of thioether (sulfide) groups is 1. The molecule has 2 rings (SSSR count). The van der Waals surface area contributed by atoms with Crippen molar-refractivity contribution in [1.29, 1.82) is 0 Å². The third-order valence-corrected chi connectivity index (χ3v) is 2.45. The minimum Gasteiger partial charge on any atom is -0.341 e. The van der Waals surface area contributed by atoms with Gasteiger partial charge in [-0.25, -0.2) is 0 Å². The molecule has 2 aliphatic heterocycles. The van der Waals surface area contributed by atoms with Crippen molar-refractivity contribution in [2.45, 2.75) is 11.8 Å². The molecule has 0 saturated heterocycles. The summed E-state index contributed by atoms with van der Waals surface area (Å²) in [4.78, 5) is 2.24. The van der Waals surface area contributed by atoms with Crippen molar-refractivity contribution in [3.05, 3.63) is 23.9 Å². The Labute approximate surface area is 53.1 Å². The molecule has 1 nitrogen and oxygen atoms in total. The van der Waals surface area contributed by atoms with E-state index < -0.39 is 0 Å². The summed E-state index contributed by atoms with van der Waals surface area (Å²) in [6.45, 7) is 0. The fourth-order valence-electron chi connectivity index (χ4n) is 0.984. The molecular weight excluding hydrogens is 118 g/mol. The summed E-state index contributed by atoms with van der Waals surface area (Å²) in [5.41, 5.74) is 0. The first-order valence-corrected chi connectivity index (χ1v) is 3.67. The fraction of sp³-hybridized carbons (Fsp3) is 0.333. The van der Waals surface area contributed by atoms with Gasteiger partial charge in [0.2, 0.25) is 0 Å². The van der Waals surface area contributed by atoms with Gasteiger partial charge >= 0.3 is 0 Å². The molecule has 0 N–H and O–H groups in total. The van der Waals surface area contributed by atoms with E-state index >= 15 is 0 Å². The van der Waals surface area contributed by atoms with Crippen LogP contribution >= 0.6 is 11.8 Å². The summed E-state index contributed by atoms with van der Waals surface area (Å²) < 4.78 is 0. The second-order valence-electron chi connectivity index (χ2n) is 1.94. The average Bonchev–Trinajstić information content (AvgIpc) is 2.15. The Balaban J connectivity index is 2.22. The Morgan fingerprint density at radius 3 is 3.38 bits per heavy atom. The molecule has 2 heterocycles. The van der Waals surface area contributed by atoms with Gasteiger partial charge in [-0.05, 0) is 11.8 Å². The Hall–Kier alpha value is -0.370. The number of hydrogen-bond acceptors (Lipinski definition) is 2. The molecule has 0 saturated carbocycles. The lowest BCUT2D eigenvalue weighted by Gasteiger charge is -2.11. The second-order valence-corrected chi connectivity index (χ2v) is 3.03. The van der Waals surface area contributed by atoms with Gasteiger partial charge in [0.15, 0.2) is 0 Å². The molecule has 0 amide bonds. The van der Waals surface area contributed by atoms with Crippen LogP contribution in [0.25, 0.3) is 0 Å². The molecule has 0 radical (unpaired) electrons. The van der Waals surface area contributed by atoms with Gasteiger partial charge in [-0.3, -0.25) is 0 Å². The number of fused-ring (bicyclic) bond motifs is 1. The first kappa shape index (κ1) is 4.50. The highest BCUT2D eigenvalue weighted by atomic mass is 32.2. The summed E-state index contributed by atoms with van der Waals surface area (Å²) in [6.07, 6.45) is 7.68. The summed E-state index contributed by atoms with van der Waals surface area (Å²) in [5, 5.41) is 2.85. The van der Waals surface area contributed by atoms with Crippen LogP contribution in [0.4, 0.5) is 0 Å². The maximum atomic E-state index is 2.24. The van der Waals surface area contributed by atoms with E-state index in [0.29, 0.717) is 5.37 Å². The predicted molar refractivity (Wildman–Crippen MR) is 36.1 cm³/mol. The summed E-state index contributed by atoms with van der Waals surface area (Å²) in [5.74, 6) is 0. The van der Waals surface area contributed by atoms with Crippen molar-refractivity contribution in [1.82, 2.24) is 4.90 Å². The van der Waals surface area contributed by atoms with Crippen LogP contribution in [0, 0.1) is 0 Å². The highest BCUT2D eigenvalue weighted by Gasteiger charge is 2.19. The average molecular weight is 125 g/mol. The number of hydrogen-bond donors (Lipinski definition) is 0. The van der Waals surface area contributed by atoms with Gasteiger partial charge in [-0.15, -0.1) is 11.8 Å². The zero-order chi connectivity index (χ0) is 5.40. The SMILES string of the molecule is C1=CN2C=CSC2C1. The molecular formula is C6H7NS. The van der Waals surface area contributed by atoms with E-state index in [-0.39, 0.29) is 0 Å². The van der Waals surface area contributed by atoms with E-state index in [2.05, 4.69) is 28.8 Å². The van der Waals surface area contributed by atoms with Gasteiger partial charge in [-0.2, -0.15) is 0 Å². The molecule has 8 heavy (non-hydrogen) atoms. The second kappa shape index (κ2) is 1.55. The van der Waals surface area contributed by atoms with Gasteiger partial charge < -0.3 is 4.90 Å². The van der Waals surface area contributed by atoms with E-state index in [9.17, 15) is 0 Å². The fourth-order valence-corrected chi connectivity index (χ4v) is 1.88. The molecule has 1 atom stereocenters. The van der Waals surface area contributed by atoms with E-state index in [0.717, 1.165) is 0 Å². The first-order chi connectivity index (χ1) is 3.97. The maximum absolute atomic E-state index is 2.24. The molecule has 2 heteroatoms. The lowest BCUT2D eigenvalue weighted by atomic mass is 10.5. The van der Waals surface area contributed by atoms with E-state index in [1.165, 1.54) is 6.42 Å². The molecule has 1 unspecified atom stereocenters. The molecule has 2 aliphatic rings. The summed E-state index contributed by atoms with van der Waals surface area (Å²) >= 11 is 1.90. The van der Waals surface area contributed by atoms with Crippen LogP contribution in [-0.2, 0) is 0 Å². The molecule has 0 aromatic carbocycles. The van der Waals surface area contributed by atoms with E-state index in [1.54, 1.807) is 0 Å². The highest BCUT2D eigenvalue weighted by Crippen LogP contribution is 2.31. The molecule has 0 spiro atoms. The minimum atomic E-state index is 0.704. The number of rotatable bonds is 0. The van der Waals surface area contributed by atoms with Crippen LogP contribution < -0.4 is 0 Å². The Bertz CT molecular complexity index is 135. The third-order valence-electron chi connectivity index (χ3n) is 1.42. The van der Waals surface area contributed by atoms with Crippen molar-refractivity contribution in [3.8, 4) is 0 Å². The molecule has 0 fully saturated rings. The molecule has 0 aromatic rings. The maximum Gasteiger partial charge on any atom is 0.0863 e. The van der Waals surface area contributed by atoms with Crippen molar-refractivity contribution in [2.75, 3.05) is 0 Å². The van der Waals surface area contributed by atoms with Crippen molar-refractivity contribution in [2.24, 2.45) is 0 Å². The molecule has 0 aromatic heterocycles. The zero-order valence-electron chi connectivity index (χ0n) is 4.45. The van der Waals surface area contributed by atoms with Gasteiger partial charge in [0.1, 0.15) is 0 Å². The van der Waals surface area contributed by atoms with Gasteiger partial charge in [-0.1, -0.05) is 6.08 Å².